The van der Waals surface area contributed by atoms with Crippen molar-refractivity contribution in [1.82, 2.24) is 15.1 Å². The minimum atomic E-state index is -0.121. The molecule has 1 aromatic heterocycles. The molecule has 0 radical (unpaired) electrons. The van der Waals surface area contributed by atoms with Gasteiger partial charge in [0.1, 0.15) is 0 Å². The van der Waals surface area contributed by atoms with Gasteiger partial charge in [-0.15, -0.1) is 0 Å². The summed E-state index contributed by atoms with van der Waals surface area (Å²) in [5, 5.41) is 7.70. The highest BCUT2D eigenvalue weighted by Gasteiger charge is 2.11. The molecular weight excluding hydrogens is 230 g/mol. The molecule has 1 unspecified atom stereocenters. The SMILES string of the molecule is CCOC(=O)CCCNC(C)c1cn(C)nc1C. The van der Waals surface area contributed by atoms with E-state index in [0.29, 0.717) is 13.0 Å². The molecule has 1 heterocycles. The molecule has 0 amide bonds. The summed E-state index contributed by atoms with van der Waals surface area (Å²) in [4.78, 5) is 11.2. The van der Waals surface area contributed by atoms with Gasteiger partial charge in [-0.1, -0.05) is 0 Å². The summed E-state index contributed by atoms with van der Waals surface area (Å²) in [6.07, 6.45) is 3.29. The molecular formula is C13H23N3O2. The number of nitrogens with one attached hydrogen (secondary N) is 1. The average Bonchev–Trinajstić information content (AvgIpc) is 2.64. The van der Waals surface area contributed by atoms with E-state index in [1.165, 1.54) is 5.56 Å². The largest absolute Gasteiger partial charge is 0.466 e. The molecule has 18 heavy (non-hydrogen) atoms. The molecule has 0 aliphatic heterocycles. The Labute approximate surface area is 109 Å². The zero-order valence-electron chi connectivity index (χ0n) is 11.7. The van der Waals surface area contributed by atoms with Crippen molar-refractivity contribution in [2.24, 2.45) is 7.05 Å². The number of aromatic nitrogens is 2. The highest BCUT2D eigenvalue weighted by molar-refractivity contribution is 5.69. The molecule has 1 rings (SSSR count). The fraction of sp³-hybridized carbons (Fsp3) is 0.692. The molecule has 0 fully saturated rings. The van der Waals surface area contributed by atoms with Crippen molar-refractivity contribution in [3.63, 3.8) is 0 Å². The summed E-state index contributed by atoms with van der Waals surface area (Å²) in [5.41, 5.74) is 2.25. The van der Waals surface area contributed by atoms with E-state index in [0.717, 1.165) is 18.7 Å². The van der Waals surface area contributed by atoms with Crippen LogP contribution in [0.5, 0.6) is 0 Å². The Morgan fingerprint density at radius 2 is 2.33 bits per heavy atom. The third-order valence-electron chi connectivity index (χ3n) is 2.83. The zero-order chi connectivity index (χ0) is 13.5. The highest BCUT2D eigenvalue weighted by Crippen LogP contribution is 2.15. The van der Waals surface area contributed by atoms with Crippen LogP contribution in [0.1, 0.15) is 44.0 Å². The van der Waals surface area contributed by atoms with Crippen molar-refractivity contribution in [3.05, 3.63) is 17.5 Å². The van der Waals surface area contributed by atoms with Crippen molar-refractivity contribution in [2.45, 2.75) is 39.7 Å². The van der Waals surface area contributed by atoms with E-state index in [-0.39, 0.29) is 12.0 Å². The first-order chi connectivity index (χ1) is 8.54. The summed E-state index contributed by atoms with van der Waals surface area (Å²) < 4.78 is 6.70. The van der Waals surface area contributed by atoms with Gasteiger partial charge < -0.3 is 10.1 Å². The van der Waals surface area contributed by atoms with Crippen LogP contribution in [0.15, 0.2) is 6.20 Å². The molecule has 1 N–H and O–H groups in total. The van der Waals surface area contributed by atoms with E-state index in [2.05, 4.69) is 17.3 Å². The smallest absolute Gasteiger partial charge is 0.305 e. The van der Waals surface area contributed by atoms with Gasteiger partial charge in [-0.05, 0) is 33.7 Å². The molecule has 0 aliphatic carbocycles. The van der Waals surface area contributed by atoms with Crippen LogP contribution in [0, 0.1) is 6.92 Å². The lowest BCUT2D eigenvalue weighted by Gasteiger charge is -2.12. The molecule has 5 heteroatoms. The van der Waals surface area contributed by atoms with E-state index in [1.54, 1.807) is 0 Å². The predicted octanol–water partition coefficient (Wildman–Crippen LogP) is 1.72. The van der Waals surface area contributed by atoms with E-state index in [1.807, 2.05) is 31.8 Å². The van der Waals surface area contributed by atoms with Crippen LogP contribution < -0.4 is 5.32 Å². The van der Waals surface area contributed by atoms with Crippen LogP contribution in [0.25, 0.3) is 0 Å². The number of esters is 1. The van der Waals surface area contributed by atoms with Gasteiger partial charge in [0.25, 0.3) is 0 Å². The highest BCUT2D eigenvalue weighted by atomic mass is 16.5. The summed E-state index contributed by atoms with van der Waals surface area (Å²) in [7, 11) is 1.92. The maximum atomic E-state index is 11.2. The number of ether oxygens (including phenoxy) is 1. The lowest BCUT2D eigenvalue weighted by Crippen LogP contribution is -2.21. The van der Waals surface area contributed by atoms with Crippen molar-refractivity contribution in [2.75, 3.05) is 13.2 Å². The molecule has 5 nitrogen and oxygen atoms in total. The molecule has 0 bridgehead atoms. The molecule has 1 atom stereocenters. The molecule has 0 saturated carbocycles. The minimum absolute atomic E-state index is 0.121. The fourth-order valence-electron chi connectivity index (χ4n) is 1.94. The fourth-order valence-corrected chi connectivity index (χ4v) is 1.94. The van der Waals surface area contributed by atoms with Gasteiger partial charge in [-0.3, -0.25) is 9.48 Å². The summed E-state index contributed by atoms with van der Waals surface area (Å²) in [5.74, 6) is -0.121. The number of carbonyl (C=O) groups is 1. The second-order valence-corrected chi connectivity index (χ2v) is 4.43. The molecule has 0 saturated heterocycles. The average molecular weight is 253 g/mol. The third kappa shape index (κ3) is 4.49. The lowest BCUT2D eigenvalue weighted by molar-refractivity contribution is -0.143. The second kappa shape index (κ2) is 7.16. The number of hydrogen-bond donors (Lipinski definition) is 1. The summed E-state index contributed by atoms with van der Waals surface area (Å²) in [6.45, 7) is 7.19. The van der Waals surface area contributed by atoms with E-state index >= 15 is 0 Å². The molecule has 0 spiro atoms. The Balaban J connectivity index is 2.27. The van der Waals surface area contributed by atoms with Gasteiger partial charge in [0.15, 0.2) is 0 Å². The number of nitrogens with zero attached hydrogens (tertiary/aromatic N) is 2. The van der Waals surface area contributed by atoms with Crippen molar-refractivity contribution in [1.29, 1.82) is 0 Å². The second-order valence-electron chi connectivity index (χ2n) is 4.43. The topological polar surface area (TPSA) is 56.1 Å². The molecule has 102 valence electrons. The number of rotatable bonds is 7. The minimum Gasteiger partial charge on any atom is -0.466 e. The summed E-state index contributed by atoms with van der Waals surface area (Å²) in [6, 6.07) is 0.251. The van der Waals surface area contributed by atoms with Gasteiger partial charge in [0.2, 0.25) is 0 Å². The van der Waals surface area contributed by atoms with Gasteiger partial charge in [0.05, 0.1) is 12.3 Å². The molecule has 0 aliphatic rings. The Hall–Kier alpha value is -1.36. The first-order valence-electron chi connectivity index (χ1n) is 6.43. The Kier molecular flexibility index (Phi) is 5.85. The normalized spacial score (nSPS) is 12.4. The van der Waals surface area contributed by atoms with Crippen molar-refractivity contribution < 1.29 is 9.53 Å². The maximum absolute atomic E-state index is 11.2. The van der Waals surface area contributed by atoms with E-state index in [9.17, 15) is 4.79 Å². The van der Waals surface area contributed by atoms with Gasteiger partial charge in [-0.25, -0.2) is 0 Å². The van der Waals surface area contributed by atoms with Crippen LogP contribution in [-0.2, 0) is 16.6 Å². The standard InChI is InChI=1S/C13H23N3O2/c1-5-18-13(17)7-6-8-14-10(2)12-9-16(4)15-11(12)3/h9-10,14H,5-8H2,1-4H3. The van der Waals surface area contributed by atoms with E-state index in [4.69, 9.17) is 4.74 Å². The Morgan fingerprint density at radius 3 is 2.89 bits per heavy atom. The van der Waals surface area contributed by atoms with Crippen LogP contribution in [0.2, 0.25) is 0 Å². The van der Waals surface area contributed by atoms with Crippen LogP contribution in [0.3, 0.4) is 0 Å². The Morgan fingerprint density at radius 1 is 1.61 bits per heavy atom. The monoisotopic (exact) mass is 253 g/mol. The van der Waals surface area contributed by atoms with E-state index < -0.39 is 0 Å². The molecule has 1 aromatic rings. The van der Waals surface area contributed by atoms with Crippen molar-refractivity contribution in [3.8, 4) is 0 Å². The molecule has 0 aromatic carbocycles. The Bertz CT molecular complexity index is 388. The summed E-state index contributed by atoms with van der Waals surface area (Å²) >= 11 is 0. The van der Waals surface area contributed by atoms with Crippen molar-refractivity contribution >= 4 is 5.97 Å². The van der Waals surface area contributed by atoms with Gasteiger partial charge in [-0.2, -0.15) is 5.10 Å². The lowest BCUT2D eigenvalue weighted by atomic mass is 10.1. The maximum Gasteiger partial charge on any atom is 0.305 e. The number of carbonyl (C=O) groups excluding carboxylic acids is 1. The zero-order valence-corrected chi connectivity index (χ0v) is 11.7. The predicted molar refractivity (Wildman–Crippen MR) is 70.2 cm³/mol. The van der Waals surface area contributed by atoms with Crippen LogP contribution in [0.4, 0.5) is 0 Å². The van der Waals surface area contributed by atoms with Gasteiger partial charge in [0, 0.05) is 31.3 Å². The quantitative estimate of drug-likeness (QED) is 0.594. The number of aryl methyl sites for hydroxylation is 2. The van der Waals surface area contributed by atoms with Crippen LogP contribution in [-0.4, -0.2) is 28.9 Å². The van der Waals surface area contributed by atoms with Crippen LogP contribution >= 0.6 is 0 Å². The third-order valence-corrected chi connectivity index (χ3v) is 2.83. The first kappa shape index (κ1) is 14.7. The van der Waals surface area contributed by atoms with Gasteiger partial charge >= 0.3 is 5.97 Å². The first-order valence-corrected chi connectivity index (χ1v) is 6.43. The number of hydrogen-bond acceptors (Lipinski definition) is 4.